The van der Waals surface area contributed by atoms with Gasteiger partial charge in [-0.05, 0) is 29.8 Å². The van der Waals surface area contributed by atoms with Gasteiger partial charge in [0.25, 0.3) is 0 Å². The van der Waals surface area contributed by atoms with E-state index >= 15 is 0 Å². The average molecular weight is 350 g/mol. The van der Waals surface area contributed by atoms with Gasteiger partial charge >= 0.3 is 0 Å². The molecule has 3 nitrogen and oxygen atoms in total. The maximum Gasteiger partial charge on any atom is 0.163 e. The van der Waals surface area contributed by atoms with Crippen molar-refractivity contribution in [1.82, 2.24) is 9.97 Å². The number of anilines is 1. The van der Waals surface area contributed by atoms with Crippen molar-refractivity contribution in [2.75, 3.05) is 5.32 Å². The van der Waals surface area contributed by atoms with Crippen LogP contribution in [0.1, 0.15) is 5.56 Å². The Morgan fingerprint density at radius 1 is 0.917 bits per heavy atom. The van der Waals surface area contributed by atoms with Crippen LogP contribution in [-0.4, -0.2) is 9.97 Å². The highest BCUT2D eigenvalue weighted by Gasteiger charge is 2.08. The predicted molar refractivity (Wildman–Crippen MR) is 86.1 cm³/mol. The van der Waals surface area contributed by atoms with Crippen molar-refractivity contribution in [3.05, 3.63) is 76.7 Å². The molecule has 0 bridgehead atoms. The van der Waals surface area contributed by atoms with Gasteiger partial charge in [0.15, 0.2) is 17.5 Å². The highest BCUT2D eigenvalue weighted by atomic mass is 35.5. The minimum absolute atomic E-state index is 0.178. The molecule has 0 radical (unpaired) electrons. The van der Waals surface area contributed by atoms with E-state index in [2.05, 4.69) is 15.3 Å². The van der Waals surface area contributed by atoms with Gasteiger partial charge < -0.3 is 5.32 Å². The molecule has 0 fully saturated rings. The fourth-order valence-electron chi connectivity index (χ4n) is 2.11. The van der Waals surface area contributed by atoms with Crippen LogP contribution < -0.4 is 5.32 Å². The molecule has 0 amide bonds. The van der Waals surface area contributed by atoms with Gasteiger partial charge in [0.1, 0.15) is 16.8 Å². The van der Waals surface area contributed by atoms with E-state index in [0.717, 1.165) is 12.1 Å². The van der Waals surface area contributed by atoms with Gasteiger partial charge in [-0.1, -0.05) is 29.8 Å². The summed E-state index contributed by atoms with van der Waals surface area (Å²) in [6, 6.07) is 10.9. The molecular formula is C17H11ClF3N3. The molecule has 0 saturated carbocycles. The number of nitrogens with one attached hydrogen (secondary N) is 1. The summed E-state index contributed by atoms with van der Waals surface area (Å²) in [6.45, 7) is 0.215. The molecule has 2 aromatic carbocycles. The van der Waals surface area contributed by atoms with E-state index in [4.69, 9.17) is 11.6 Å². The summed E-state index contributed by atoms with van der Waals surface area (Å²) in [5.74, 6) is -1.59. The zero-order valence-electron chi connectivity index (χ0n) is 12.2. The maximum atomic E-state index is 13.3. The van der Waals surface area contributed by atoms with Crippen LogP contribution in [0.2, 0.25) is 5.15 Å². The van der Waals surface area contributed by atoms with E-state index < -0.39 is 17.5 Å². The van der Waals surface area contributed by atoms with E-state index in [1.807, 2.05) is 0 Å². The average Bonchev–Trinajstić information content (AvgIpc) is 2.55. The molecule has 7 heteroatoms. The van der Waals surface area contributed by atoms with Crippen LogP contribution >= 0.6 is 11.6 Å². The van der Waals surface area contributed by atoms with Crippen molar-refractivity contribution < 1.29 is 13.2 Å². The van der Waals surface area contributed by atoms with E-state index in [0.29, 0.717) is 16.9 Å². The lowest BCUT2D eigenvalue weighted by Gasteiger charge is -2.08. The normalized spacial score (nSPS) is 10.7. The zero-order valence-corrected chi connectivity index (χ0v) is 13.0. The second-order valence-electron chi connectivity index (χ2n) is 5.01. The Balaban J connectivity index is 1.82. The van der Waals surface area contributed by atoms with Crippen molar-refractivity contribution >= 4 is 17.4 Å². The molecular weight excluding hydrogens is 339 g/mol. The summed E-state index contributed by atoms with van der Waals surface area (Å²) < 4.78 is 39.5. The second kappa shape index (κ2) is 6.88. The molecule has 0 saturated heterocycles. The van der Waals surface area contributed by atoms with Gasteiger partial charge in [-0.25, -0.2) is 23.1 Å². The molecule has 0 aliphatic carbocycles. The molecule has 1 aromatic heterocycles. The Labute approximate surface area is 141 Å². The molecule has 1 heterocycles. The van der Waals surface area contributed by atoms with Gasteiger partial charge in [0, 0.05) is 18.2 Å². The maximum absolute atomic E-state index is 13.3. The Morgan fingerprint density at radius 3 is 2.50 bits per heavy atom. The highest BCUT2D eigenvalue weighted by Crippen LogP contribution is 2.21. The molecule has 0 unspecified atom stereocenters. The molecule has 122 valence electrons. The second-order valence-corrected chi connectivity index (χ2v) is 5.40. The molecule has 1 N–H and O–H groups in total. The van der Waals surface area contributed by atoms with Crippen LogP contribution in [0.15, 0.2) is 48.5 Å². The predicted octanol–water partition coefficient (Wildman–Crippen LogP) is 4.83. The lowest BCUT2D eigenvalue weighted by atomic mass is 10.2. The minimum Gasteiger partial charge on any atom is -0.366 e. The topological polar surface area (TPSA) is 37.8 Å². The lowest BCUT2D eigenvalue weighted by Crippen LogP contribution is -2.04. The third kappa shape index (κ3) is 3.83. The molecule has 0 spiro atoms. The Morgan fingerprint density at radius 2 is 1.75 bits per heavy atom. The third-order valence-electron chi connectivity index (χ3n) is 3.24. The molecule has 0 atom stereocenters. The number of rotatable bonds is 4. The smallest absolute Gasteiger partial charge is 0.163 e. The fourth-order valence-corrected chi connectivity index (χ4v) is 2.29. The van der Waals surface area contributed by atoms with Gasteiger partial charge in [-0.2, -0.15) is 0 Å². The van der Waals surface area contributed by atoms with Crippen molar-refractivity contribution in [2.45, 2.75) is 6.54 Å². The molecule has 3 rings (SSSR count). The monoisotopic (exact) mass is 349 g/mol. The zero-order chi connectivity index (χ0) is 17.1. The lowest BCUT2D eigenvalue weighted by molar-refractivity contribution is 0.507. The van der Waals surface area contributed by atoms with Crippen LogP contribution in [0.4, 0.5) is 19.0 Å². The van der Waals surface area contributed by atoms with E-state index in [1.165, 1.54) is 24.3 Å². The summed E-state index contributed by atoms with van der Waals surface area (Å²) in [5.41, 5.74) is 1.02. The number of halogens is 4. The van der Waals surface area contributed by atoms with Crippen molar-refractivity contribution in [1.29, 1.82) is 0 Å². The number of aromatic nitrogens is 2. The van der Waals surface area contributed by atoms with Crippen LogP contribution in [0.5, 0.6) is 0 Å². The summed E-state index contributed by atoms with van der Waals surface area (Å²) in [6.07, 6.45) is 0. The molecule has 0 aliphatic heterocycles. The SMILES string of the molecule is Fc1cccc(-c2nc(Cl)cc(NCc3ccc(F)c(F)c3)n2)c1. The Hall–Kier alpha value is -2.60. The number of hydrogen-bond acceptors (Lipinski definition) is 3. The van der Waals surface area contributed by atoms with E-state index in [9.17, 15) is 13.2 Å². The third-order valence-corrected chi connectivity index (χ3v) is 3.43. The Kier molecular flexibility index (Phi) is 4.66. The first kappa shape index (κ1) is 16.3. The molecule has 3 aromatic rings. The Bertz CT molecular complexity index is 887. The standard InChI is InChI=1S/C17H11ClF3N3/c18-15-8-16(22-9-10-4-5-13(20)14(21)6-10)24-17(23-15)11-2-1-3-12(19)7-11/h1-8H,9H2,(H,22,23,24). The van der Waals surface area contributed by atoms with E-state index in [-0.39, 0.29) is 17.5 Å². The summed E-state index contributed by atoms with van der Waals surface area (Å²) in [7, 11) is 0. The number of nitrogens with zero attached hydrogens (tertiary/aromatic N) is 2. The quantitative estimate of drug-likeness (QED) is 0.686. The number of hydrogen-bond donors (Lipinski definition) is 1. The summed E-state index contributed by atoms with van der Waals surface area (Å²) in [5, 5.41) is 3.13. The minimum atomic E-state index is -0.921. The van der Waals surface area contributed by atoms with Crippen LogP contribution in [0, 0.1) is 17.5 Å². The number of benzene rings is 2. The van der Waals surface area contributed by atoms with Crippen LogP contribution in [0.25, 0.3) is 11.4 Å². The highest BCUT2D eigenvalue weighted by molar-refractivity contribution is 6.29. The van der Waals surface area contributed by atoms with Crippen molar-refractivity contribution in [3.63, 3.8) is 0 Å². The van der Waals surface area contributed by atoms with E-state index in [1.54, 1.807) is 12.1 Å². The van der Waals surface area contributed by atoms with Crippen molar-refractivity contribution in [2.24, 2.45) is 0 Å². The van der Waals surface area contributed by atoms with Gasteiger partial charge in [0.05, 0.1) is 0 Å². The largest absolute Gasteiger partial charge is 0.366 e. The van der Waals surface area contributed by atoms with Crippen LogP contribution in [-0.2, 0) is 6.54 Å². The summed E-state index contributed by atoms with van der Waals surface area (Å²) >= 11 is 5.97. The molecule has 0 aliphatic rings. The van der Waals surface area contributed by atoms with Crippen LogP contribution in [0.3, 0.4) is 0 Å². The first-order chi connectivity index (χ1) is 11.5. The van der Waals surface area contributed by atoms with Crippen molar-refractivity contribution in [3.8, 4) is 11.4 Å². The van der Waals surface area contributed by atoms with Gasteiger partial charge in [-0.3, -0.25) is 0 Å². The van der Waals surface area contributed by atoms with Gasteiger partial charge in [-0.15, -0.1) is 0 Å². The first-order valence-corrected chi connectivity index (χ1v) is 7.37. The first-order valence-electron chi connectivity index (χ1n) is 6.99. The summed E-state index contributed by atoms with van der Waals surface area (Å²) in [4.78, 5) is 8.32. The molecule has 24 heavy (non-hydrogen) atoms. The fraction of sp³-hybridized carbons (Fsp3) is 0.0588. The van der Waals surface area contributed by atoms with Gasteiger partial charge in [0.2, 0.25) is 0 Å².